The molecular weight excluding hydrogens is 304 g/mol. The molecule has 0 bridgehead atoms. The fraction of sp³-hybridized carbons (Fsp3) is 0.583. The molecule has 0 radical (unpaired) electrons. The average molecular weight is 323 g/mol. The van der Waals surface area contributed by atoms with E-state index < -0.39 is 10.0 Å². The Bertz CT molecular complexity index is 480. The van der Waals surface area contributed by atoms with E-state index >= 15 is 0 Å². The number of thioether (sulfide) groups is 1. The van der Waals surface area contributed by atoms with E-state index in [1.165, 1.54) is 30.5 Å². The molecule has 0 spiro atoms. The summed E-state index contributed by atoms with van der Waals surface area (Å²) in [4.78, 5) is 3.92. The third-order valence-electron chi connectivity index (χ3n) is 2.58. The quantitative estimate of drug-likeness (QED) is 0.561. The van der Waals surface area contributed by atoms with Gasteiger partial charge in [0.2, 0.25) is 10.0 Å². The molecule has 1 aromatic rings. The van der Waals surface area contributed by atoms with Crippen LogP contribution in [0.2, 0.25) is 5.15 Å². The van der Waals surface area contributed by atoms with Crippen LogP contribution in [0, 0.1) is 0 Å². The van der Waals surface area contributed by atoms with Crippen molar-refractivity contribution in [3.63, 3.8) is 0 Å². The minimum atomic E-state index is -3.46. The van der Waals surface area contributed by atoms with Crippen LogP contribution in [0.25, 0.3) is 0 Å². The molecule has 1 N–H and O–H groups in total. The zero-order chi connectivity index (χ0) is 14.1. The molecule has 0 aliphatic heterocycles. The number of pyridine rings is 1. The summed E-state index contributed by atoms with van der Waals surface area (Å²) < 4.78 is 26.4. The van der Waals surface area contributed by atoms with Crippen molar-refractivity contribution in [3.05, 3.63) is 23.5 Å². The molecule has 0 saturated heterocycles. The predicted molar refractivity (Wildman–Crippen MR) is 81.3 cm³/mol. The van der Waals surface area contributed by atoms with E-state index in [4.69, 9.17) is 11.6 Å². The van der Waals surface area contributed by atoms with E-state index in [1.54, 1.807) is 0 Å². The summed E-state index contributed by atoms with van der Waals surface area (Å²) in [5.74, 6) is 1.17. The van der Waals surface area contributed by atoms with Crippen molar-refractivity contribution in [1.29, 1.82) is 0 Å². The van der Waals surface area contributed by atoms with E-state index in [0.29, 0.717) is 6.54 Å². The maximum absolute atomic E-state index is 11.9. The van der Waals surface area contributed by atoms with Crippen LogP contribution in [0.1, 0.15) is 25.7 Å². The van der Waals surface area contributed by atoms with E-state index in [2.05, 4.69) is 16.0 Å². The van der Waals surface area contributed by atoms with Gasteiger partial charge >= 0.3 is 0 Å². The van der Waals surface area contributed by atoms with Gasteiger partial charge in [-0.1, -0.05) is 24.4 Å². The first-order valence-electron chi connectivity index (χ1n) is 6.16. The summed E-state index contributed by atoms with van der Waals surface area (Å²) in [6, 6.07) is 2.79. The average Bonchev–Trinajstić information content (AvgIpc) is 2.38. The summed E-state index contributed by atoms with van der Waals surface area (Å²) in [5.41, 5.74) is 0. The Morgan fingerprint density at radius 3 is 2.74 bits per heavy atom. The van der Waals surface area contributed by atoms with Gasteiger partial charge in [-0.15, -0.1) is 0 Å². The van der Waals surface area contributed by atoms with Crippen LogP contribution >= 0.6 is 23.4 Å². The molecule has 0 unspecified atom stereocenters. The molecule has 0 fully saturated rings. The Hall–Kier alpha value is -0.300. The Balaban J connectivity index is 2.32. The van der Waals surface area contributed by atoms with Crippen molar-refractivity contribution in [2.75, 3.05) is 18.6 Å². The Labute approximate surface area is 124 Å². The van der Waals surface area contributed by atoms with Gasteiger partial charge in [-0.25, -0.2) is 18.1 Å². The summed E-state index contributed by atoms with van der Waals surface area (Å²) >= 11 is 7.52. The van der Waals surface area contributed by atoms with Gasteiger partial charge in [0, 0.05) is 12.7 Å². The molecule has 108 valence electrons. The minimum absolute atomic E-state index is 0.162. The van der Waals surface area contributed by atoms with Crippen molar-refractivity contribution < 1.29 is 8.42 Å². The molecule has 0 amide bonds. The normalized spacial score (nSPS) is 11.7. The second-order valence-corrected chi connectivity index (χ2v) is 7.26. The first kappa shape index (κ1) is 16.8. The molecule has 1 rings (SSSR count). The van der Waals surface area contributed by atoms with Gasteiger partial charge in [0.05, 0.1) is 4.90 Å². The van der Waals surface area contributed by atoms with Gasteiger partial charge in [-0.3, -0.25) is 0 Å². The summed E-state index contributed by atoms with van der Waals surface area (Å²) in [7, 11) is -3.46. The fourth-order valence-electron chi connectivity index (χ4n) is 1.57. The Kier molecular flexibility index (Phi) is 7.75. The zero-order valence-corrected chi connectivity index (χ0v) is 13.3. The number of halogens is 1. The zero-order valence-electron chi connectivity index (χ0n) is 10.9. The van der Waals surface area contributed by atoms with Crippen LogP contribution in [0.4, 0.5) is 0 Å². The fourth-order valence-corrected chi connectivity index (χ4v) is 3.38. The van der Waals surface area contributed by atoms with E-state index in [-0.39, 0.29) is 10.0 Å². The van der Waals surface area contributed by atoms with Crippen LogP contribution in [-0.2, 0) is 10.0 Å². The third-order valence-corrected chi connectivity index (χ3v) is 4.94. The molecule has 4 nitrogen and oxygen atoms in total. The van der Waals surface area contributed by atoms with Crippen LogP contribution in [-0.4, -0.2) is 32.0 Å². The first-order valence-corrected chi connectivity index (χ1v) is 9.42. The number of nitrogens with zero attached hydrogens (tertiary/aromatic N) is 1. The third kappa shape index (κ3) is 6.61. The topological polar surface area (TPSA) is 59.1 Å². The molecular formula is C12H19ClN2O2S2. The lowest BCUT2D eigenvalue weighted by molar-refractivity contribution is 0.573. The van der Waals surface area contributed by atoms with Crippen molar-refractivity contribution in [2.24, 2.45) is 0 Å². The highest BCUT2D eigenvalue weighted by atomic mass is 35.5. The lowest BCUT2D eigenvalue weighted by atomic mass is 10.2. The largest absolute Gasteiger partial charge is 0.244 e. The van der Waals surface area contributed by atoms with Crippen molar-refractivity contribution in [1.82, 2.24) is 9.71 Å². The molecule has 19 heavy (non-hydrogen) atoms. The second kappa shape index (κ2) is 8.79. The molecule has 1 aromatic heterocycles. The molecule has 0 aliphatic rings. The maximum Gasteiger partial charge on any atom is 0.240 e. The predicted octanol–water partition coefficient (Wildman–Crippen LogP) is 2.94. The second-order valence-electron chi connectivity index (χ2n) is 4.12. The molecule has 1 heterocycles. The highest BCUT2D eigenvalue weighted by Crippen LogP contribution is 2.12. The SMILES string of the molecule is CSCCCCCCNS(=O)(=O)c1ccnc(Cl)c1. The van der Waals surface area contributed by atoms with Crippen LogP contribution in [0.5, 0.6) is 0 Å². The lowest BCUT2D eigenvalue weighted by Crippen LogP contribution is -2.24. The Morgan fingerprint density at radius 2 is 2.05 bits per heavy atom. The number of unbranched alkanes of at least 4 members (excludes halogenated alkanes) is 3. The first-order chi connectivity index (χ1) is 9.06. The smallest absolute Gasteiger partial charge is 0.240 e. The van der Waals surface area contributed by atoms with Gasteiger partial charge in [-0.2, -0.15) is 11.8 Å². The molecule has 0 aliphatic carbocycles. The number of aromatic nitrogens is 1. The number of sulfonamides is 1. The monoisotopic (exact) mass is 322 g/mol. The lowest BCUT2D eigenvalue weighted by Gasteiger charge is -2.06. The van der Waals surface area contributed by atoms with Gasteiger partial charge < -0.3 is 0 Å². The van der Waals surface area contributed by atoms with Gasteiger partial charge in [0.1, 0.15) is 5.15 Å². The highest BCUT2D eigenvalue weighted by molar-refractivity contribution is 7.98. The highest BCUT2D eigenvalue weighted by Gasteiger charge is 2.13. The van der Waals surface area contributed by atoms with E-state index in [9.17, 15) is 8.42 Å². The van der Waals surface area contributed by atoms with E-state index in [0.717, 1.165) is 19.3 Å². The van der Waals surface area contributed by atoms with E-state index in [1.807, 2.05) is 11.8 Å². The van der Waals surface area contributed by atoms with Gasteiger partial charge in [0.15, 0.2) is 0 Å². The molecule has 0 aromatic carbocycles. The van der Waals surface area contributed by atoms with Crippen molar-refractivity contribution in [3.8, 4) is 0 Å². The van der Waals surface area contributed by atoms with Crippen LogP contribution in [0.15, 0.2) is 23.2 Å². The number of rotatable bonds is 9. The number of nitrogens with one attached hydrogen (secondary N) is 1. The summed E-state index contributed by atoms with van der Waals surface area (Å²) in [5, 5.41) is 0.181. The van der Waals surface area contributed by atoms with Gasteiger partial charge in [-0.05, 0) is 37.0 Å². The number of hydrogen-bond donors (Lipinski definition) is 1. The number of hydrogen-bond acceptors (Lipinski definition) is 4. The van der Waals surface area contributed by atoms with Crippen LogP contribution < -0.4 is 4.72 Å². The summed E-state index contributed by atoms with van der Waals surface area (Å²) in [6.45, 7) is 0.460. The maximum atomic E-state index is 11.9. The van der Waals surface area contributed by atoms with Crippen LogP contribution in [0.3, 0.4) is 0 Å². The molecule has 0 atom stereocenters. The van der Waals surface area contributed by atoms with Crippen molar-refractivity contribution in [2.45, 2.75) is 30.6 Å². The summed E-state index contributed by atoms with van der Waals surface area (Å²) in [6.07, 6.45) is 7.71. The van der Waals surface area contributed by atoms with Crippen molar-refractivity contribution >= 4 is 33.4 Å². The minimum Gasteiger partial charge on any atom is -0.244 e. The molecule has 7 heteroatoms. The van der Waals surface area contributed by atoms with Gasteiger partial charge in [0.25, 0.3) is 0 Å². The Morgan fingerprint density at radius 1 is 1.32 bits per heavy atom. The standard InChI is InChI=1S/C12H19ClN2O2S2/c1-18-9-5-3-2-4-7-15-19(16,17)11-6-8-14-12(13)10-11/h6,8,10,15H,2-5,7,9H2,1H3. The molecule has 0 saturated carbocycles.